The van der Waals surface area contributed by atoms with E-state index in [4.69, 9.17) is 0 Å². The maximum Gasteiger partial charge on any atom is 0.150 e. The summed E-state index contributed by atoms with van der Waals surface area (Å²) in [5.74, 6) is 4.35. The van der Waals surface area contributed by atoms with Gasteiger partial charge in [0.1, 0.15) is 5.78 Å². The topological polar surface area (TPSA) is 20.3 Å². The average Bonchev–Trinajstić information content (AvgIpc) is 2.62. The lowest BCUT2D eigenvalue weighted by Gasteiger charge is -2.21. The molecule has 2 rings (SSSR count). The van der Waals surface area contributed by atoms with Gasteiger partial charge in [0.05, 0.1) is 6.04 Å². The van der Waals surface area contributed by atoms with E-state index in [0.29, 0.717) is 18.1 Å². The van der Waals surface area contributed by atoms with Gasteiger partial charge in [0.25, 0.3) is 0 Å². The van der Waals surface area contributed by atoms with Crippen molar-refractivity contribution in [2.24, 2.45) is 11.8 Å². The van der Waals surface area contributed by atoms with E-state index < -0.39 is 0 Å². The number of carbonyl (C=O) groups excluding carboxylic acids is 1. The molecule has 0 spiro atoms. The summed E-state index contributed by atoms with van der Waals surface area (Å²) in [6.45, 7) is 3.11. The molecule has 74 valence electrons. The molecule has 2 heterocycles. The summed E-state index contributed by atoms with van der Waals surface area (Å²) in [6.07, 6.45) is 0.697. The summed E-state index contributed by atoms with van der Waals surface area (Å²) < 4.78 is 0. The van der Waals surface area contributed by atoms with Crippen molar-refractivity contribution in [3.63, 3.8) is 0 Å². The molecule has 3 atom stereocenters. The number of hydrogen-bond acceptors (Lipinski definition) is 3. The minimum atomic E-state index is 0.241. The van der Waals surface area contributed by atoms with Gasteiger partial charge in [-0.25, -0.2) is 0 Å². The fourth-order valence-corrected chi connectivity index (χ4v) is 4.17. The summed E-state index contributed by atoms with van der Waals surface area (Å²) in [5, 5.41) is 0. The fraction of sp³-hybridized carbons (Fsp3) is 0.900. The SMILES string of the molecule is CCC(=O)C1C2CSCC2CN1C. The molecule has 3 unspecified atom stereocenters. The van der Waals surface area contributed by atoms with Crippen LogP contribution in [-0.4, -0.2) is 41.8 Å². The van der Waals surface area contributed by atoms with Crippen LogP contribution in [0, 0.1) is 11.8 Å². The summed E-state index contributed by atoms with van der Waals surface area (Å²) in [4.78, 5) is 14.0. The van der Waals surface area contributed by atoms with Gasteiger partial charge >= 0.3 is 0 Å². The van der Waals surface area contributed by atoms with Crippen LogP contribution in [0.25, 0.3) is 0 Å². The molecule has 0 saturated carbocycles. The van der Waals surface area contributed by atoms with Crippen molar-refractivity contribution < 1.29 is 4.79 Å². The minimum absolute atomic E-state index is 0.241. The number of ketones is 1. The van der Waals surface area contributed by atoms with Gasteiger partial charge < -0.3 is 0 Å². The Labute approximate surface area is 84.1 Å². The van der Waals surface area contributed by atoms with Gasteiger partial charge in [-0.2, -0.15) is 11.8 Å². The van der Waals surface area contributed by atoms with Crippen molar-refractivity contribution in [1.82, 2.24) is 4.90 Å². The lowest BCUT2D eigenvalue weighted by Crippen LogP contribution is -2.37. The fourth-order valence-electron chi connectivity index (χ4n) is 2.66. The van der Waals surface area contributed by atoms with Crippen molar-refractivity contribution in [3.8, 4) is 0 Å². The first-order chi connectivity index (χ1) is 6.24. The molecular formula is C10H17NOS. The number of fused-ring (bicyclic) bond motifs is 1. The number of thioether (sulfide) groups is 1. The molecule has 2 fully saturated rings. The highest BCUT2D eigenvalue weighted by Crippen LogP contribution is 2.40. The van der Waals surface area contributed by atoms with Gasteiger partial charge in [0, 0.05) is 13.0 Å². The largest absolute Gasteiger partial charge is 0.298 e. The Balaban J connectivity index is 2.12. The van der Waals surface area contributed by atoms with Crippen molar-refractivity contribution in [1.29, 1.82) is 0 Å². The second-order valence-corrected chi connectivity index (χ2v) is 5.24. The maximum atomic E-state index is 11.7. The summed E-state index contributed by atoms with van der Waals surface area (Å²) in [5.41, 5.74) is 0. The highest BCUT2D eigenvalue weighted by Gasteiger charge is 2.45. The first kappa shape index (κ1) is 9.53. The molecule has 0 radical (unpaired) electrons. The van der Waals surface area contributed by atoms with Crippen molar-refractivity contribution in [3.05, 3.63) is 0 Å². The Kier molecular flexibility index (Phi) is 2.65. The quantitative estimate of drug-likeness (QED) is 0.668. The monoisotopic (exact) mass is 199 g/mol. The average molecular weight is 199 g/mol. The zero-order valence-electron chi connectivity index (χ0n) is 8.32. The third-order valence-corrected chi connectivity index (χ3v) is 4.61. The van der Waals surface area contributed by atoms with Gasteiger partial charge in [0.15, 0.2) is 0 Å². The molecule has 3 heteroatoms. The number of hydrogen-bond donors (Lipinski definition) is 0. The second kappa shape index (κ2) is 3.62. The summed E-state index contributed by atoms with van der Waals surface area (Å²) >= 11 is 2.02. The number of rotatable bonds is 2. The molecule has 2 aliphatic heterocycles. The van der Waals surface area contributed by atoms with Crippen molar-refractivity contribution in [2.75, 3.05) is 25.1 Å². The highest BCUT2D eigenvalue weighted by molar-refractivity contribution is 7.99. The molecule has 2 nitrogen and oxygen atoms in total. The van der Waals surface area contributed by atoms with Crippen molar-refractivity contribution in [2.45, 2.75) is 19.4 Å². The first-order valence-electron chi connectivity index (χ1n) is 5.04. The predicted octanol–water partition coefficient (Wildman–Crippen LogP) is 1.26. The number of likely N-dealkylation sites (tertiary alicyclic amines) is 1. The molecule has 0 aromatic rings. The van der Waals surface area contributed by atoms with E-state index in [0.717, 1.165) is 12.5 Å². The van der Waals surface area contributed by atoms with Gasteiger partial charge in [-0.1, -0.05) is 6.92 Å². The number of Topliss-reactive ketones (excluding diaryl/α,β-unsaturated/α-hetero) is 1. The zero-order chi connectivity index (χ0) is 9.42. The summed E-state index contributed by atoms with van der Waals surface area (Å²) in [6, 6.07) is 0.241. The number of carbonyl (C=O) groups is 1. The van der Waals surface area contributed by atoms with Crippen LogP contribution in [0.4, 0.5) is 0 Å². The number of likely N-dealkylation sites (N-methyl/N-ethyl adjacent to an activating group) is 1. The maximum absolute atomic E-state index is 11.7. The molecule has 0 aliphatic carbocycles. The lowest BCUT2D eigenvalue weighted by molar-refractivity contribution is -0.123. The molecule has 0 aromatic heterocycles. The highest BCUT2D eigenvalue weighted by atomic mass is 32.2. The molecule has 0 aromatic carbocycles. The number of nitrogens with zero attached hydrogens (tertiary/aromatic N) is 1. The van der Waals surface area contributed by atoms with E-state index in [-0.39, 0.29) is 6.04 Å². The Hall–Kier alpha value is -0.0200. The van der Waals surface area contributed by atoms with Crippen LogP contribution in [0.2, 0.25) is 0 Å². The standard InChI is InChI=1S/C10H17NOS/c1-3-9(12)10-8-6-13-5-7(8)4-11(10)2/h7-8,10H,3-6H2,1-2H3. The smallest absolute Gasteiger partial charge is 0.150 e. The van der Waals surface area contributed by atoms with Gasteiger partial charge in [0.2, 0.25) is 0 Å². The van der Waals surface area contributed by atoms with Gasteiger partial charge in [-0.05, 0) is 30.4 Å². The van der Waals surface area contributed by atoms with Crippen LogP contribution in [0.15, 0.2) is 0 Å². The third-order valence-electron chi connectivity index (χ3n) is 3.33. The Morgan fingerprint density at radius 2 is 2.31 bits per heavy atom. The lowest BCUT2D eigenvalue weighted by atomic mass is 9.91. The van der Waals surface area contributed by atoms with Crippen LogP contribution >= 0.6 is 11.8 Å². The van der Waals surface area contributed by atoms with Crippen LogP contribution in [0.5, 0.6) is 0 Å². The summed E-state index contributed by atoms with van der Waals surface area (Å²) in [7, 11) is 2.10. The zero-order valence-corrected chi connectivity index (χ0v) is 9.14. The van der Waals surface area contributed by atoms with Gasteiger partial charge in [-0.15, -0.1) is 0 Å². The molecule has 2 saturated heterocycles. The normalized spacial score (nSPS) is 39.4. The van der Waals surface area contributed by atoms with E-state index in [1.54, 1.807) is 0 Å². The molecule has 13 heavy (non-hydrogen) atoms. The van der Waals surface area contributed by atoms with E-state index in [1.165, 1.54) is 11.5 Å². The van der Waals surface area contributed by atoms with Crippen LogP contribution < -0.4 is 0 Å². The molecule has 0 amide bonds. The molecule has 2 aliphatic rings. The van der Waals surface area contributed by atoms with Gasteiger partial charge in [-0.3, -0.25) is 9.69 Å². The van der Waals surface area contributed by atoms with Crippen LogP contribution in [0.3, 0.4) is 0 Å². The molecular weight excluding hydrogens is 182 g/mol. The van der Waals surface area contributed by atoms with E-state index in [2.05, 4.69) is 11.9 Å². The minimum Gasteiger partial charge on any atom is -0.298 e. The second-order valence-electron chi connectivity index (χ2n) is 4.17. The Bertz CT molecular complexity index is 219. The van der Waals surface area contributed by atoms with Crippen molar-refractivity contribution >= 4 is 17.5 Å². The van der Waals surface area contributed by atoms with E-state index in [1.807, 2.05) is 18.7 Å². The first-order valence-corrected chi connectivity index (χ1v) is 6.20. The van der Waals surface area contributed by atoms with Crippen LogP contribution in [-0.2, 0) is 4.79 Å². The van der Waals surface area contributed by atoms with E-state index in [9.17, 15) is 4.79 Å². The Morgan fingerprint density at radius 1 is 1.54 bits per heavy atom. The van der Waals surface area contributed by atoms with Crippen LogP contribution in [0.1, 0.15) is 13.3 Å². The molecule has 0 N–H and O–H groups in total. The third kappa shape index (κ3) is 1.52. The predicted molar refractivity (Wildman–Crippen MR) is 56.0 cm³/mol. The Morgan fingerprint density at radius 3 is 3.00 bits per heavy atom. The molecule has 0 bridgehead atoms. The van der Waals surface area contributed by atoms with E-state index >= 15 is 0 Å².